The van der Waals surface area contributed by atoms with Crippen molar-refractivity contribution in [1.29, 1.82) is 0 Å². The van der Waals surface area contributed by atoms with Crippen LogP contribution in [0.4, 0.5) is 0 Å². The van der Waals surface area contributed by atoms with Gasteiger partial charge in [0.15, 0.2) is 0 Å². The van der Waals surface area contributed by atoms with Crippen molar-refractivity contribution in [3.05, 3.63) is 47.2 Å². The smallest absolute Gasteiger partial charge is 0.226 e. The molecule has 2 nitrogen and oxygen atoms in total. The molecule has 0 aromatic heterocycles. The fourth-order valence-corrected chi connectivity index (χ4v) is 1.74. The molecule has 0 fully saturated rings. The van der Waals surface area contributed by atoms with Crippen LogP contribution in [0, 0.1) is 26.7 Å². The first-order valence-electron chi connectivity index (χ1n) is 7.84. The Labute approximate surface area is 130 Å². The number of hydrogen-bond acceptors (Lipinski definition) is 1. The molecule has 0 bridgehead atoms. The average molecular weight is 289 g/mol. The maximum Gasteiger partial charge on any atom is 0.226 e. The molecule has 1 unspecified atom stereocenters. The van der Waals surface area contributed by atoms with Crippen LogP contribution in [0.1, 0.15) is 56.7 Å². The van der Waals surface area contributed by atoms with Crippen LogP contribution in [-0.2, 0) is 4.79 Å². The monoisotopic (exact) mass is 289 g/mol. The van der Waals surface area contributed by atoms with Crippen LogP contribution >= 0.6 is 0 Å². The molecule has 0 spiro atoms. The van der Waals surface area contributed by atoms with E-state index in [1.165, 1.54) is 16.7 Å². The predicted molar refractivity (Wildman–Crippen MR) is 92.3 cm³/mol. The number of allylic oxidation sites excluding steroid dienone is 1. The van der Waals surface area contributed by atoms with E-state index in [9.17, 15) is 4.79 Å². The van der Waals surface area contributed by atoms with Gasteiger partial charge in [0.05, 0.1) is 0 Å². The lowest BCUT2D eigenvalue weighted by Gasteiger charge is -2.10. The van der Waals surface area contributed by atoms with Gasteiger partial charge in [0.1, 0.15) is 0 Å². The number of amides is 1. The van der Waals surface area contributed by atoms with Crippen LogP contribution in [0.3, 0.4) is 0 Å². The average Bonchev–Trinajstić information content (AvgIpc) is 2.43. The minimum absolute atomic E-state index is 0.0935. The highest BCUT2D eigenvalue weighted by molar-refractivity contribution is 5.79. The molecule has 0 saturated carbocycles. The minimum atomic E-state index is 0.0935. The van der Waals surface area contributed by atoms with Crippen LogP contribution in [0.25, 0.3) is 0 Å². The lowest BCUT2D eigenvalue weighted by atomic mass is 10.1. The molecule has 1 rings (SSSR count). The third-order valence-electron chi connectivity index (χ3n) is 3.57. The first-order chi connectivity index (χ1) is 9.81. The Hall–Kier alpha value is -1.57. The summed E-state index contributed by atoms with van der Waals surface area (Å²) in [7, 11) is 0. The molecular weight excluding hydrogens is 258 g/mol. The summed E-state index contributed by atoms with van der Waals surface area (Å²) in [6, 6.07) is 6.50. The molecule has 0 heterocycles. The number of hydrogen-bond donors (Lipinski definition) is 1. The molecule has 0 aliphatic heterocycles. The van der Waals surface area contributed by atoms with E-state index in [0.29, 0.717) is 0 Å². The second-order valence-electron chi connectivity index (χ2n) is 5.74. The van der Waals surface area contributed by atoms with Gasteiger partial charge in [-0.05, 0) is 44.7 Å². The Balaban J connectivity index is 0.000000394. The van der Waals surface area contributed by atoms with Gasteiger partial charge in [-0.1, -0.05) is 57.5 Å². The van der Waals surface area contributed by atoms with E-state index < -0.39 is 0 Å². The van der Waals surface area contributed by atoms with Crippen molar-refractivity contribution in [3.63, 3.8) is 0 Å². The summed E-state index contributed by atoms with van der Waals surface area (Å²) >= 11 is 0. The van der Waals surface area contributed by atoms with Crippen LogP contribution in [-0.4, -0.2) is 5.91 Å². The van der Waals surface area contributed by atoms with Gasteiger partial charge >= 0.3 is 0 Å². The summed E-state index contributed by atoms with van der Waals surface area (Å²) in [6.45, 7) is 16.2. The Morgan fingerprint density at radius 3 is 2.24 bits per heavy atom. The quantitative estimate of drug-likeness (QED) is 0.805. The number of carbonyl (C=O) groups is 1. The van der Waals surface area contributed by atoms with Crippen molar-refractivity contribution in [1.82, 2.24) is 5.32 Å². The van der Waals surface area contributed by atoms with Crippen molar-refractivity contribution in [2.45, 2.75) is 60.8 Å². The Morgan fingerprint density at radius 1 is 1.19 bits per heavy atom. The maximum absolute atomic E-state index is 11.3. The van der Waals surface area contributed by atoms with Gasteiger partial charge in [-0.25, -0.2) is 0 Å². The molecule has 0 saturated heterocycles. The first-order valence-corrected chi connectivity index (χ1v) is 7.84. The van der Waals surface area contributed by atoms with Crippen molar-refractivity contribution in [3.8, 4) is 0 Å². The SMILES string of the molecule is C=C(CCC)NC(=O)C(C)CC.Cc1ccc(C)c(C)c1. The van der Waals surface area contributed by atoms with E-state index in [2.05, 4.69) is 57.8 Å². The summed E-state index contributed by atoms with van der Waals surface area (Å²) in [4.78, 5) is 11.3. The standard InChI is InChI=1S/C10H19NO.C9H12/c1-5-7-9(4)11-10(12)8(3)6-2;1-7-4-5-8(2)9(3)6-7/h8H,4-7H2,1-3H3,(H,11,12);4-6H,1-3H3. The molecule has 0 aliphatic rings. The summed E-state index contributed by atoms with van der Waals surface area (Å²) < 4.78 is 0. The Morgan fingerprint density at radius 2 is 1.81 bits per heavy atom. The molecule has 1 amide bonds. The largest absolute Gasteiger partial charge is 0.330 e. The highest BCUT2D eigenvalue weighted by Crippen LogP contribution is 2.07. The molecule has 118 valence electrons. The molecule has 0 radical (unpaired) electrons. The van der Waals surface area contributed by atoms with Crippen LogP contribution in [0.5, 0.6) is 0 Å². The van der Waals surface area contributed by atoms with Crippen LogP contribution < -0.4 is 5.32 Å². The van der Waals surface area contributed by atoms with E-state index in [-0.39, 0.29) is 11.8 Å². The van der Waals surface area contributed by atoms with E-state index in [1.54, 1.807) is 0 Å². The van der Waals surface area contributed by atoms with Crippen LogP contribution in [0.15, 0.2) is 30.5 Å². The molecule has 21 heavy (non-hydrogen) atoms. The number of nitrogens with one attached hydrogen (secondary N) is 1. The second kappa shape index (κ2) is 10.2. The molecule has 1 N–H and O–H groups in total. The summed E-state index contributed by atoms with van der Waals surface area (Å²) in [5.41, 5.74) is 4.94. The molecular formula is C19H31NO. The second-order valence-corrected chi connectivity index (χ2v) is 5.74. The van der Waals surface area contributed by atoms with Crippen molar-refractivity contribution in [2.24, 2.45) is 5.92 Å². The third-order valence-corrected chi connectivity index (χ3v) is 3.57. The summed E-state index contributed by atoms with van der Waals surface area (Å²) in [5.74, 6) is 0.189. The fraction of sp³-hybridized carbons (Fsp3) is 0.526. The number of rotatable bonds is 5. The number of benzene rings is 1. The normalized spacial score (nSPS) is 11.1. The molecule has 1 atom stereocenters. The van der Waals surface area contributed by atoms with Gasteiger partial charge < -0.3 is 5.32 Å². The van der Waals surface area contributed by atoms with Gasteiger partial charge in [-0.15, -0.1) is 0 Å². The molecule has 0 aliphatic carbocycles. The molecule has 1 aromatic carbocycles. The fourth-order valence-electron chi connectivity index (χ4n) is 1.74. The van der Waals surface area contributed by atoms with E-state index in [0.717, 1.165) is 25.0 Å². The van der Waals surface area contributed by atoms with Crippen LogP contribution in [0.2, 0.25) is 0 Å². The van der Waals surface area contributed by atoms with Gasteiger partial charge in [-0.3, -0.25) is 4.79 Å². The van der Waals surface area contributed by atoms with Gasteiger partial charge in [-0.2, -0.15) is 0 Å². The van der Waals surface area contributed by atoms with Crippen molar-refractivity contribution >= 4 is 5.91 Å². The minimum Gasteiger partial charge on any atom is -0.330 e. The zero-order valence-corrected chi connectivity index (χ0v) is 14.5. The maximum atomic E-state index is 11.3. The molecule has 2 heteroatoms. The lowest BCUT2D eigenvalue weighted by Crippen LogP contribution is -2.27. The van der Waals surface area contributed by atoms with Gasteiger partial charge in [0.2, 0.25) is 5.91 Å². The number of carbonyl (C=O) groups excluding carboxylic acids is 1. The zero-order valence-electron chi connectivity index (χ0n) is 14.5. The predicted octanol–water partition coefficient (Wildman–Crippen LogP) is 5.07. The van der Waals surface area contributed by atoms with Gasteiger partial charge in [0.25, 0.3) is 0 Å². The first kappa shape index (κ1) is 19.4. The van der Waals surface area contributed by atoms with E-state index >= 15 is 0 Å². The third kappa shape index (κ3) is 8.34. The summed E-state index contributed by atoms with van der Waals surface area (Å²) in [5, 5.41) is 2.80. The Kier molecular flexibility index (Phi) is 9.44. The van der Waals surface area contributed by atoms with Crippen molar-refractivity contribution in [2.75, 3.05) is 0 Å². The van der Waals surface area contributed by atoms with Gasteiger partial charge in [0, 0.05) is 11.6 Å². The zero-order chi connectivity index (χ0) is 16.4. The highest BCUT2D eigenvalue weighted by Gasteiger charge is 2.09. The van der Waals surface area contributed by atoms with E-state index in [4.69, 9.17) is 0 Å². The number of aryl methyl sites for hydroxylation is 3. The molecule has 1 aromatic rings. The highest BCUT2D eigenvalue weighted by atomic mass is 16.1. The topological polar surface area (TPSA) is 29.1 Å². The lowest BCUT2D eigenvalue weighted by molar-refractivity contribution is -0.123. The summed E-state index contributed by atoms with van der Waals surface area (Å²) in [6.07, 6.45) is 2.78. The van der Waals surface area contributed by atoms with Crippen molar-refractivity contribution < 1.29 is 4.79 Å². The van der Waals surface area contributed by atoms with E-state index in [1.807, 2.05) is 13.8 Å². The Bertz CT molecular complexity index is 463.